The SMILES string of the molecule is COc1cc2nc(C3(C)CCCCC3)[nH]c2cc1OC. The van der Waals surface area contributed by atoms with Crippen LogP contribution >= 0.6 is 0 Å². The average Bonchev–Trinajstić information content (AvgIpc) is 2.90. The third kappa shape index (κ3) is 2.13. The number of aromatic amines is 1. The zero-order chi connectivity index (χ0) is 14.2. The summed E-state index contributed by atoms with van der Waals surface area (Å²) in [5.74, 6) is 2.57. The Morgan fingerprint density at radius 1 is 1.05 bits per heavy atom. The van der Waals surface area contributed by atoms with Crippen LogP contribution in [0.15, 0.2) is 12.1 Å². The van der Waals surface area contributed by atoms with E-state index in [1.54, 1.807) is 14.2 Å². The van der Waals surface area contributed by atoms with Crippen LogP contribution in [0.25, 0.3) is 11.0 Å². The van der Waals surface area contributed by atoms with Crippen molar-refractivity contribution >= 4 is 11.0 Å². The first kappa shape index (κ1) is 13.3. The Kier molecular flexibility index (Phi) is 3.32. The van der Waals surface area contributed by atoms with Crippen LogP contribution in [0.3, 0.4) is 0 Å². The number of hydrogen-bond donors (Lipinski definition) is 1. The van der Waals surface area contributed by atoms with Crippen LogP contribution in [0, 0.1) is 0 Å². The highest BCUT2D eigenvalue weighted by Gasteiger charge is 2.31. The second-order valence-corrected chi connectivity index (χ2v) is 5.93. The van der Waals surface area contributed by atoms with Crippen LogP contribution in [0.2, 0.25) is 0 Å². The number of nitrogens with zero attached hydrogens (tertiary/aromatic N) is 1. The number of rotatable bonds is 3. The summed E-state index contributed by atoms with van der Waals surface area (Å²) in [7, 11) is 3.31. The van der Waals surface area contributed by atoms with Crippen LogP contribution < -0.4 is 9.47 Å². The minimum Gasteiger partial charge on any atom is -0.493 e. The molecule has 4 heteroatoms. The van der Waals surface area contributed by atoms with E-state index in [0.29, 0.717) is 0 Å². The maximum Gasteiger partial charge on any atom is 0.163 e. The highest BCUT2D eigenvalue weighted by molar-refractivity contribution is 5.80. The molecule has 0 radical (unpaired) electrons. The van der Waals surface area contributed by atoms with Crippen molar-refractivity contribution in [3.8, 4) is 11.5 Å². The lowest BCUT2D eigenvalue weighted by atomic mass is 9.75. The quantitative estimate of drug-likeness (QED) is 0.926. The van der Waals surface area contributed by atoms with E-state index in [-0.39, 0.29) is 5.41 Å². The fourth-order valence-electron chi connectivity index (χ4n) is 3.19. The molecule has 0 unspecified atom stereocenters. The molecule has 0 atom stereocenters. The molecule has 0 bridgehead atoms. The van der Waals surface area contributed by atoms with Gasteiger partial charge < -0.3 is 14.5 Å². The number of nitrogens with one attached hydrogen (secondary N) is 1. The van der Waals surface area contributed by atoms with Crippen molar-refractivity contribution in [2.45, 2.75) is 44.4 Å². The lowest BCUT2D eigenvalue weighted by Crippen LogP contribution is -2.26. The van der Waals surface area contributed by atoms with Crippen molar-refractivity contribution < 1.29 is 9.47 Å². The summed E-state index contributed by atoms with van der Waals surface area (Å²) in [6.07, 6.45) is 6.35. The second kappa shape index (κ2) is 5.00. The molecular weight excluding hydrogens is 252 g/mol. The molecule has 1 heterocycles. The van der Waals surface area contributed by atoms with E-state index in [1.807, 2.05) is 12.1 Å². The van der Waals surface area contributed by atoms with E-state index in [2.05, 4.69) is 11.9 Å². The van der Waals surface area contributed by atoms with Gasteiger partial charge in [0.25, 0.3) is 0 Å². The number of benzene rings is 1. The number of imidazole rings is 1. The molecule has 1 aliphatic carbocycles. The van der Waals surface area contributed by atoms with Gasteiger partial charge in [0.1, 0.15) is 5.82 Å². The van der Waals surface area contributed by atoms with Crippen molar-refractivity contribution in [2.75, 3.05) is 14.2 Å². The Morgan fingerprint density at radius 2 is 1.70 bits per heavy atom. The summed E-state index contributed by atoms with van der Waals surface area (Å²) in [6, 6.07) is 3.91. The van der Waals surface area contributed by atoms with Gasteiger partial charge in [-0.2, -0.15) is 0 Å². The number of hydrogen-bond acceptors (Lipinski definition) is 3. The molecule has 1 N–H and O–H groups in total. The fraction of sp³-hybridized carbons (Fsp3) is 0.562. The summed E-state index contributed by atoms with van der Waals surface area (Å²) in [4.78, 5) is 8.29. The smallest absolute Gasteiger partial charge is 0.163 e. The van der Waals surface area contributed by atoms with E-state index in [0.717, 1.165) is 28.4 Å². The Morgan fingerprint density at radius 3 is 2.35 bits per heavy atom. The van der Waals surface area contributed by atoms with Crippen LogP contribution in [-0.4, -0.2) is 24.2 Å². The molecule has 0 amide bonds. The monoisotopic (exact) mass is 274 g/mol. The summed E-state index contributed by atoms with van der Waals surface area (Å²) >= 11 is 0. The minimum atomic E-state index is 0.178. The van der Waals surface area contributed by atoms with E-state index in [4.69, 9.17) is 14.5 Å². The molecule has 20 heavy (non-hydrogen) atoms. The molecule has 108 valence electrons. The molecule has 0 aliphatic heterocycles. The number of fused-ring (bicyclic) bond motifs is 1. The second-order valence-electron chi connectivity index (χ2n) is 5.93. The number of aromatic nitrogens is 2. The predicted molar refractivity (Wildman–Crippen MR) is 79.6 cm³/mol. The van der Waals surface area contributed by atoms with Crippen molar-refractivity contribution in [3.05, 3.63) is 18.0 Å². The molecule has 3 rings (SSSR count). The van der Waals surface area contributed by atoms with Gasteiger partial charge in [0.05, 0.1) is 25.3 Å². The highest BCUT2D eigenvalue weighted by atomic mass is 16.5. The molecule has 1 aliphatic rings. The Labute approximate surface area is 119 Å². The van der Waals surface area contributed by atoms with Crippen molar-refractivity contribution in [3.63, 3.8) is 0 Å². The molecule has 1 aromatic carbocycles. The van der Waals surface area contributed by atoms with Crippen LogP contribution in [0.1, 0.15) is 44.9 Å². The molecule has 1 saturated carbocycles. The maximum atomic E-state index is 5.35. The fourth-order valence-corrected chi connectivity index (χ4v) is 3.19. The summed E-state index contributed by atoms with van der Waals surface area (Å²) in [5, 5.41) is 0. The third-order valence-corrected chi connectivity index (χ3v) is 4.52. The lowest BCUT2D eigenvalue weighted by molar-refractivity contribution is 0.306. The zero-order valence-electron chi connectivity index (χ0n) is 12.5. The van der Waals surface area contributed by atoms with Crippen molar-refractivity contribution in [2.24, 2.45) is 0 Å². The number of ether oxygens (including phenoxy) is 2. The lowest BCUT2D eigenvalue weighted by Gasteiger charge is -2.31. The standard InChI is InChI=1S/C16H22N2O2/c1-16(7-5-4-6-8-16)15-17-11-9-13(19-2)14(20-3)10-12(11)18-15/h9-10H,4-8H2,1-3H3,(H,17,18). The highest BCUT2D eigenvalue weighted by Crippen LogP contribution is 2.39. The van der Waals surface area contributed by atoms with Crippen molar-refractivity contribution in [1.82, 2.24) is 9.97 Å². The number of methoxy groups -OCH3 is 2. The van der Waals surface area contributed by atoms with Gasteiger partial charge in [-0.05, 0) is 12.8 Å². The van der Waals surface area contributed by atoms with Crippen LogP contribution in [0.4, 0.5) is 0 Å². The summed E-state index contributed by atoms with van der Waals surface area (Å²) in [6.45, 7) is 2.32. The average molecular weight is 274 g/mol. The summed E-state index contributed by atoms with van der Waals surface area (Å²) < 4.78 is 10.7. The maximum absolute atomic E-state index is 5.35. The Hall–Kier alpha value is -1.71. The van der Waals surface area contributed by atoms with Crippen molar-refractivity contribution in [1.29, 1.82) is 0 Å². The van der Waals surface area contributed by atoms with E-state index in [9.17, 15) is 0 Å². The molecule has 1 fully saturated rings. The van der Waals surface area contributed by atoms with Gasteiger partial charge in [-0.25, -0.2) is 4.98 Å². The summed E-state index contributed by atoms with van der Waals surface area (Å²) in [5.41, 5.74) is 2.14. The van der Waals surface area contributed by atoms with Gasteiger partial charge in [0.15, 0.2) is 11.5 Å². The number of H-pyrrole nitrogens is 1. The van der Waals surface area contributed by atoms with Gasteiger partial charge in [0.2, 0.25) is 0 Å². The molecule has 2 aromatic rings. The van der Waals surface area contributed by atoms with Crippen LogP contribution in [-0.2, 0) is 5.41 Å². The van der Waals surface area contributed by atoms with Crippen LogP contribution in [0.5, 0.6) is 11.5 Å². The van der Waals surface area contributed by atoms with Gasteiger partial charge >= 0.3 is 0 Å². The molecule has 1 aromatic heterocycles. The normalized spacial score (nSPS) is 18.1. The molecule has 0 saturated heterocycles. The predicted octanol–water partition coefficient (Wildman–Crippen LogP) is 3.80. The molecule has 4 nitrogen and oxygen atoms in total. The molecule has 0 spiro atoms. The topological polar surface area (TPSA) is 47.1 Å². The van der Waals surface area contributed by atoms with E-state index < -0.39 is 0 Å². The molecular formula is C16H22N2O2. The van der Waals surface area contributed by atoms with Gasteiger partial charge in [-0.15, -0.1) is 0 Å². The first-order chi connectivity index (χ1) is 9.66. The third-order valence-electron chi connectivity index (χ3n) is 4.52. The first-order valence-electron chi connectivity index (χ1n) is 7.28. The Balaban J connectivity index is 2.06. The first-order valence-corrected chi connectivity index (χ1v) is 7.28. The van der Waals surface area contributed by atoms with E-state index in [1.165, 1.54) is 32.1 Å². The largest absolute Gasteiger partial charge is 0.493 e. The Bertz CT molecular complexity index is 571. The zero-order valence-corrected chi connectivity index (χ0v) is 12.5. The minimum absolute atomic E-state index is 0.178. The van der Waals surface area contributed by atoms with Gasteiger partial charge in [0, 0.05) is 17.5 Å². The van der Waals surface area contributed by atoms with E-state index >= 15 is 0 Å². The van der Waals surface area contributed by atoms with Gasteiger partial charge in [-0.1, -0.05) is 26.2 Å². The van der Waals surface area contributed by atoms with Gasteiger partial charge in [-0.3, -0.25) is 0 Å².